The minimum absolute atomic E-state index is 0.108. The van der Waals surface area contributed by atoms with Crippen LogP contribution in [0, 0.1) is 0 Å². The first kappa shape index (κ1) is 18.1. The number of pyridine rings is 1. The van der Waals surface area contributed by atoms with Crippen molar-refractivity contribution in [2.24, 2.45) is 0 Å². The summed E-state index contributed by atoms with van der Waals surface area (Å²) in [5.41, 5.74) is 2.15. The van der Waals surface area contributed by atoms with Crippen LogP contribution in [-0.2, 0) is 22.6 Å². The Morgan fingerprint density at radius 3 is 2.29 bits per heavy atom. The summed E-state index contributed by atoms with van der Waals surface area (Å²) < 4.78 is 11.2. The summed E-state index contributed by atoms with van der Waals surface area (Å²) in [6.07, 6.45) is 1.91. The number of hydrogen-bond donors (Lipinski definition) is 1. The van der Waals surface area contributed by atoms with Gasteiger partial charge < -0.3 is 14.8 Å². The van der Waals surface area contributed by atoms with Crippen molar-refractivity contribution in [3.05, 3.63) is 29.6 Å². The molecule has 120 valence electrons. The van der Waals surface area contributed by atoms with Gasteiger partial charge in [-0.15, -0.1) is 0 Å². The molecular weight excluding hydrogens is 264 g/mol. The lowest BCUT2D eigenvalue weighted by Gasteiger charge is -2.20. The molecule has 4 nitrogen and oxygen atoms in total. The van der Waals surface area contributed by atoms with Crippen molar-refractivity contribution >= 4 is 0 Å². The number of nitrogens with zero attached hydrogens (tertiary/aromatic N) is 1. The Balaban J connectivity index is 2.25. The monoisotopic (exact) mass is 294 g/mol. The highest BCUT2D eigenvalue weighted by atomic mass is 16.5. The lowest BCUT2D eigenvalue weighted by atomic mass is 10.1. The molecule has 1 N–H and O–H groups in total. The van der Waals surface area contributed by atoms with Gasteiger partial charge in [-0.1, -0.05) is 6.07 Å². The highest BCUT2D eigenvalue weighted by Crippen LogP contribution is 2.07. The van der Waals surface area contributed by atoms with E-state index in [2.05, 4.69) is 37.1 Å². The van der Waals surface area contributed by atoms with Crippen LogP contribution in [-0.4, -0.2) is 29.3 Å². The number of hydrogen-bond acceptors (Lipinski definition) is 4. The molecular formula is C17H30N2O2. The van der Waals surface area contributed by atoms with Crippen molar-refractivity contribution in [3.8, 4) is 0 Å². The van der Waals surface area contributed by atoms with Gasteiger partial charge in [-0.2, -0.15) is 0 Å². The van der Waals surface area contributed by atoms with E-state index in [4.69, 9.17) is 9.47 Å². The van der Waals surface area contributed by atoms with Crippen LogP contribution in [0.15, 0.2) is 18.3 Å². The molecule has 21 heavy (non-hydrogen) atoms. The van der Waals surface area contributed by atoms with Crippen molar-refractivity contribution in [1.29, 1.82) is 0 Å². The van der Waals surface area contributed by atoms with Crippen LogP contribution in [0.25, 0.3) is 0 Å². The molecule has 4 heteroatoms. The molecule has 0 amide bonds. The van der Waals surface area contributed by atoms with Crippen LogP contribution >= 0.6 is 0 Å². The Kier molecular flexibility index (Phi) is 6.78. The molecule has 0 aliphatic carbocycles. The molecule has 0 atom stereocenters. The van der Waals surface area contributed by atoms with E-state index < -0.39 is 0 Å². The summed E-state index contributed by atoms with van der Waals surface area (Å²) in [6, 6.07) is 4.11. The maximum atomic E-state index is 5.60. The largest absolute Gasteiger partial charge is 0.373 e. The van der Waals surface area contributed by atoms with Crippen LogP contribution in [0.5, 0.6) is 0 Å². The second kappa shape index (κ2) is 7.87. The smallest absolute Gasteiger partial charge is 0.0889 e. The van der Waals surface area contributed by atoms with Gasteiger partial charge in [0.2, 0.25) is 0 Å². The van der Waals surface area contributed by atoms with Gasteiger partial charge >= 0.3 is 0 Å². The normalized spacial score (nSPS) is 12.7. The third-order valence-electron chi connectivity index (χ3n) is 2.72. The average molecular weight is 294 g/mol. The van der Waals surface area contributed by atoms with Crippen LogP contribution < -0.4 is 5.32 Å². The van der Waals surface area contributed by atoms with Crippen LogP contribution in [0.2, 0.25) is 0 Å². The molecule has 0 bridgehead atoms. The van der Waals surface area contributed by atoms with E-state index in [1.54, 1.807) is 0 Å². The number of aromatic nitrogens is 1. The predicted octanol–water partition coefficient (Wildman–Crippen LogP) is 3.30. The van der Waals surface area contributed by atoms with Gasteiger partial charge in [0.15, 0.2) is 0 Å². The highest BCUT2D eigenvalue weighted by Gasteiger charge is 2.09. The summed E-state index contributed by atoms with van der Waals surface area (Å²) >= 11 is 0. The van der Waals surface area contributed by atoms with E-state index >= 15 is 0 Å². The van der Waals surface area contributed by atoms with Crippen molar-refractivity contribution < 1.29 is 9.47 Å². The van der Waals surface area contributed by atoms with Crippen molar-refractivity contribution in [2.45, 2.75) is 65.8 Å². The van der Waals surface area contributed by atoms with Crippen molar-refractivity contribution in [2.75, 3.05) is 13.2 Å². The fraction of sp³-hybridized carbons (Fsp3) is 0.706. The minimum Gasteiger partial charge on any atom is -0.373 e. The Morgan fingerprint density at radius 1 is 1.05 bits per heavy atom. The second-order valence-corrected chi connectivity index (χ2v) is 7.27. The summed E-state index contributed by atoms with van der Waals surface area (Å²) in [6.45, 7) is 15.1. The van der Waals surface area contributed by atoms with E-state index in [0.29, 0.717) is 19.8 Å². The summed E-state index contributed by atoms with van der Waals surface area (Å²) in [7, 11) is 0. The van der Waals surface area contributed by atoms with E-state index in [0.717, 1.165) is 12.2 Å². The quantitative estimate of drug-likeness (QED) is 0.784. The summed E-state index contributed by atoms with van der Waals surface area (Å²) in [4.78, 5) is 4.42. The second-order valence-electron chi connectivity index (χ2n) is 7.27. The minimum atomic E-state index is -0.108. The van der Waals surface area contributed by atoms with Gasteiger partial charge in [0, 0.05) is 18.3 Å². The first-order valence-electron chi connectivity index (χ1n) is 7.56. The Labute approximate surface area is 129 Å². The van der Waals surface area contributed by atoms with E-state index in [-0.39, 0.29) is 11.1 Å². The molecule has 0 aliphatic heterocycles. The van der Waals surface area contributed by atoms with E-state index in [1.165, 1.54) is 5.56 Å². The molecule has 1 heterocycles. The SMILES string of the molecule is CC(C)(C)NCc1ccc(COCCOC(C)(C)C)nc1. The Bertz CT molecular complexity index is 402. The van der Waals surface area contributed by atoms with Crippen LogP contribution in [0.3, 0.4) is 0 Å². The van der Waals surface area contributed by atoms with Gasteiger partial charge in [0.05, 0.1) is 31.1 Å². The molecule has 0 aliphatic rings. The third-order valence-corrected chi connectivity index (χ3v) is 2.72. The molecule has 0 unspecified atom stereocenters. The van der Waals surface area contributed by atoms with Crippen LogP contribution in [0.1, 0.15) is 52.8 Å². The molecule has 0 spiro atoms. The summed E-state index contributed by atoms with van der Waals surface area (Å²) in [5.74, 6) is 0. The first-order valence-corrected chi connectivity index (χ1v) is 7.56. The van der Waals surface area contributed by atoms with Gasteiger partial charge in [-0.05, 0) is 53.2 Å². The lowest BCUT2D eigenvalue weighted by molar-refractivity contribution is -0.0380. The Hall–Kier alpha value is -0.970. The van der Waals surface area contributed by atoms with E-state index in [9.17, 15) is 0 Å². The zero-order valence-electron chi connectivity index (χ0n) is 14.3. The van der Waals surface area contributed by atoms with Gasteiger partial charge in [-0.3, -0.25) is 4.98 Å². The van der Waals surface area contributed by atoms with Gasteiger partial charge in [0.1, 0.15) is 0 Å². The summed E-state index contributed by atoms with van der Waals surface area (Å²) in [5, 5.41) is 3.44. The first-order chi connectivity index (χ1) is 9.66. The third kappa shape index (κ3) is 9.56. The molecule has 1 rings (SSSR count). The number of rotatable bonds is 7. The fourth-order valence-corrected chi connectivity index (χ4v) is 1.60. The van der Waals surface area contributed by atoms with Gasteiger partial charge in [-0.25, -0.2) is 0 Å². The molecule has 1 aromatic heterocycles. The molecule has 0 saturated carbocycles. The zero-order chi connectivity index (χ0) is 15.9. The van der Waals surface area contributed by atoms with E-state index in [1.807, 2.05) is 33.0 Å². The van der Waals surface area contributed by atoms with Crippen LogP contribution in [0.4, 0.5) is 0 Å². The predicted molar refractivity (Wildman–Crippen MR) is 86.2 cm³/mol. The zero-order valence-corrected chi connectivity index (χ0v) is 14.3. The number of ether oxygens (including phenoxy) is 2. The molecule has 0 aromatic carbocycles. The van der Waals surface area contributed by atoms with Crippen molar-refractivity contribution in [1.82, 2.24) is 10.3 Å². The van der Waals surface area contributed by atoms with Gasteiger partial charge in [0.25, 0.3) is 0 Å². The molecule has 1 aromatic rings. The van der Waals surface area contributed by atoms with Crippen molar-refractivity contribution in [3.63, 3.8) is 0 Å². The molecule has 0 saturated heterocycles. The number of nitrogens with one attached hydrogen (secondary N) is 1. The topological polar surface area (TPSA) is 43.4 Å². The lowest BCUT2D eigenvalue weighted by Crippen LogP contribution is -2.35. The standard InChI is InChI=1S/C17H30N2O2/c1-16(2,3)19-12-14-7-8-15(18-11-14)13-20-9-10-21-17(4,5)6/h7-8,11,19H,9-10,12-13H2,1-6H3. The highest BCUT2D eigenvalue weighted by molar-refractivity contribution is 5.13. The maximum absolute atomic E-state index is 5.60. The molecule has 0 radical (unpaired) electrons. The fourth-order valence-electron chi connectivity index (χ4n) is 1.60. The molecule has 0 fully saturated rings. The maximum Gasteiger partial charge on any atom is 0.0889 e. The Morgan fingerprint density at radius 2 is 1.76 bits per heavy atom. The average Bonchev–Trinajstić information content (AvgIpc) is 2.35.